The molecule has 0 saturated carbocycles. The lowest BCUT2D eigenvalue weighted by Crippen LogP contribution is -2.27. The molecule has 8 nitrogen and oxygen atoms in total. The third-order valence-corrected chi connectivity index (χ3v) is 4.11. The molecule has 2 rings (SSSR count). The van der Waals surface area contributed by atoms with Crippen molar-refractivity contribution in [3.05, 3.63) is 29.7 Å². The minimum Gasteiger partial charge on any atom is -0.326 e. The molecule has 0 saturated heterocycles. The van der Waals surface area contributed by atoms with Gasteiger partial charge in [0.25, 0.3) is 10.0 Å². The molecule has 0 aliphatic heterocycles. The van der Waals surface area contributed by atoms with Crippen LogP contribution in [0.15, 0.2) is 23.6 Å². The molecule has 4 N–H and O–H groups in total. The van der Waals surface area contributed by atoms with Crippen molar-refractivity contribution >= 4 is 10.0 Å². The van der Waals surface area contributed by atoms with Gasteiger partial charge in [-0.2, -0.15) is 10.2 Å². The lowest BCUT2D eigenvalue weighted by atomic mass is 10.3. The molecule has 2 aromatic rings. The molecule has 19 heavy (non-hydrogen) atoms. The van der Waals surface area contributed by atoms with E-state index in [4.69, 9.17) is 5.73 Å². The molecule has 0 unspecified atom stereocenters. The summed E-state index contributed by atoms with van der Waals surface area (Å²) in [6, 6.07) is 0. The molecule has 0 aliphatic carbocycles. The van der Waals surface area contributed by atoms with Crippen molar-refractivity contribution in [1.29, 1.82) is 0 Å². The molecule has 2 heterocycles. The summed E-state index contributed by atoms with van der Waals surface area (Å²) in [5, 5.41) is 10.2. The summed E-state index contributed by atoms with van der Waals surface area (Å²) in [6.45, 7) is 0.409. The number of aryl methyl sites for hydroxylation is 1. The summed E-state index contributed by atoms with van der Waals surface area (Å²) in [6.07, 6.45) is 5.53. The Morgan fingerprint density at radius 1 is 1.47 bits per heavy atom. The van der Waals surface area contributed by atoms with Gasteiger partial charge in [-0.3, -0.25) is 9.78 Å². The second kappa shape index (κ2) is 5.51. The van der Waals surface area contributed by atoms with Crippen molar-refractivity contribution in [2.24, 2.45) is 12.8 Å². The highest BCUT2D eigenvalue weighted by Crippen LogP contribution is 2.10. The van der Waals surface area contributed by atoms with E-state index in [-0.39, 0.29) is 18.1 Å². The van der Waals surface area contributed by atoms with Crippen molar-refractivity contribution < 1.29 is 8.42 Å². The SMILES string of the molecule is Cn1cc(CCNS(=O)(=O)c2[nH]ncc2CN)cn1. The average Bonchev–Trinajstić information content (AvgIpc) is 2.97. The predicted molar refractivity (Wildman–Crippen MR) is 68.6 cm³/mol. The first-order valence-electron chi connectivity index (χ1n) is 5.72. The van der Waals surface area contributed by atoms with Crippen LogP contribution in [0.3, 0.4) is 0 Å². The smallest absolute Gasteiger partial charge is 0.257 e. The number of aromatic amines is 1. The van der Waals surface area contributed by atoms with Crippen molar-refractivity contribution in [2.75, 3.05) is 6.54 Å². The number of nitrogens with zero attached hydrogens (tertiary/aromatic N) is 3. The summed E-state index contributed by atoms with van der Waals surface area (Å²) in [4.78, 5) is 0. The van der Waals surface area contributed by atoms with E-state index < -0.39 is 10.0 Å². The number of hydrogen-bond donors (Lipinski definition) is 3. The molecular weight excluding hydrogens is 268 g/mol. The first-order chi connectivity index (χ1) is 9.03. The number of H-pyrrole nitrogens is 1. The van der Waals surface area contributed by atoms with Gasteiger partial charge in [0.05, 0.1) is 12.4 Å². The number of hydrogen-bond acceptors (Lipinski definition) is 5. The molecule has 9 heteroatoms. The molecule has 0 fully saturated rings. The van der Waals surface area contributed by atoms with Crippen LogP contribution in [-0.2, 0) is 30.0 Å². The molecule has 0 bridgehead atoms. The van der Waals surface area contributed by atoms with E-state index >= 15 is 0 Å². The van der Waals surface area contributed by atoms with Gasteiger partial charge >= 0.3 is 0 Å². The zero-order valence-corrected chi connectivity index (χ0v) is 11.3. The highest BCUT2D eigenvalue weighted by molar-refractivity contribution is 7.89. The topological polar surface area (TPSA) is 119 Å². The summed E-state index contributed by atoms with van der Waals surface area (Å²) in [5.74, 6) is 0. The second-order valence-electron chi connectivity index (χ2n) is 4.10. The van der Waals surface area contributed by atoms with Gasteiger partial charge in [-0.1, -0.05) is 0 Å². The fraction of sp³-hybridized carbons (Fsp3) is 0.400. The van der Waals surface area contributed by atoms with Crippen LogP contribution in [0.2, 0.25) is 0 Å². The monoisotopic (exact) mass is 284 g/mol. The van der Waals surface area contributed by atoms with Gasteiger partial charge in [-0.25, -0.2) is 13.1 Å². The largest absolute Gasteiger partial charge is 0.326 e. The number of sulfonamides is 1. The molecule has 104 valence electrons. The molecule has 0 radical (unpaired) electrons. The lowest BCUT2D eigenvalue weighted by molar-refractivity contribution is 0.576. The first-order valence-corrected chi connectivity index (χ1v) is 7.21. The van der Waals surface area contributed by atoms with Crippen LogP contribution in [0.1, 0.15) is 11.1 Å². The van der Waals surface area contributed by atoms with E-state index in [0.717, 1.165) is 5.56 Å². The quantitative estimate of drug-likeness (QED) is 0.636. The summed E-state index contributed by atoms with van der Waals surface area (Å²) >= 11 is 0. The van der Waals surface area contributed by atoms with Crippen LogP contribution >= 0.6 is 0 Å². The van der Waals surface area contributed by atoms with Crippen LogP contribution in [0, 0.1) is 0 Å². The Kier molecular flexibility index (Phi) is 3.98. The minimum atomic E-state index is -3.60. The van der Waals surface area contributed by atoms with Crippen LogP contribution in [0.5, 0.6) is 0 Å². The van der Waals surface area contributed by atoms with Crippen LogP contribution in [-0.4, -0.2) is 34.9 Å². The van der Waals surface area contributed by atoms with Gasteiger partial charge in [-0.15, -0.1) is 0 Å². The van der Waals surface area contributed by atoms with Crippen LogP contribution in [0.4, 0.5) is 0 Å². The maximum Gasteiger partial charge on any atom is 0.257 e. The van der Waals surface area contributed by atoms with Crippen LogP contribution < -0.4 is 10.5 Å². The van der Waals surface area contributed by atoms with E-state index in [9.17, 15) is 8.42 Å². The molecule has 0 aromatic carbocycles. The summed E-state index contributed by atoms with van der Waals surface area (Å²) in [7, 11) is -1.79. The van der Waals surface area contributed by atoms with Crippen LogP contribution in [0.25, 0.3) is 0 Å². The zero-order chi connectivity index (χ0) is 13.9. The van der Waals surface area contributed by atoms with Crippen molar-refractivity contribution in [3.63, 3.8) is 0 Å². The molecule has 0 amide bonds. The third kappa shape index (κ3) is 3.19. The maximum atomic E-state index is 12.0. The zero-order valence-electron chi connectivity index (χ0n) is 10.5. The average molecular weight is 284 g/mol. The van der Waals surface area contributed by atoms with Gasteiger partial charge in [0.2, 0.25) is 0 Å². The van der Waals surface area contributed by atoms with E-state index in [1.54, 1.807) is 10.9 Å². The van der Waals surface area contributed by atoms with Gasteiger partial charge in [-0.05, 0) is 12.0 Å². The van der Waals surface area contributed by atoms with E-state index in [1.807, 2.05) is 13.2 Å². The third-order valence-electron chi connectivity index (χ3n) is 2.63. The summed E-state index contributed by atoms with van der Waals surface area (Å²) in [5.41, 5.74) is 6.88. The normalized spacial score (nSPS) is 11.9. The Balaban J connectivity index is 1.98. The molecule has 0 spiro atoms. The summed E-state index contributed by atoms with van der Waals surface area (Å²) < 4.78 is 28.2. The highest BCUT2D eigenvalue weighted by Gasteiger charge is 2.19. The molecule has 2 aromatic heterocycles. The standard InChI is InChI=1S/C10H16N6O2S/c1-16-7-8(5-13-16)2-3-14-19(17,18)10-9(4-11)6-12-15-10/h5-7,14H,2-4,11H2,1H3,(H,12,15). The molecule has 0 aliphatic rings. The fourth-order valence-corrected chi connectivity index (χ4v) is 2.85. The van der Waals surface area contributed by atoms with Gasteiger partial charge in [0.1, 0.15) is 0 Å². The Hall–Kier alpha value is -1.71. The molecule has 0 atom stereocenters. The van der Waals surface area contributed by atoms with Crippen molar-refractivity contribution in [1.82, 2.24) is 24.7 Å². The Bertz CT molecular complexity index is 645. The van der Waals surface area contributed by atoms with Gasteiger partial charge in [0, 0.05) is 31.9 Å². The number of aromatic nitrogens is 4. The second-order valence-corrected chi connectivity index (χ2v) is 5.80. The Morgan fingerprint density at radius 2 is 2.26 bits per heavy atom. The Morgan fingerprint density at radius 3 is 2.89 bits per heavy atom. The number of rotatable bonds is 6. The minimum absolute atomic E-state index is 0.0289. The Labute approximate surface area is 111 Å². The predicted octanol–water partition coefficient (Wildman–Crippen LogP) is -0.877. The number of nitrogens with two attached hydrogens (primary N) is 1. The fourth-order valence-electron chi connectivity index (χ4n) is 1.68. The molecular formula is C10H16N6O2S. The highest BCUT2D eigenvalue weighted by atomic mass is 32.2. The van der Waals surface area contributed by atoms with Crippen molar-refractivity contribution in [2.45, 2.75) is 18.0 Å². The van der Waals surface area contributed by atoms with E-state index in [1.165, 1.54) is 6.20 Å². The first kappa shape index (κ1) is 13.7. The van der Waals surface area contributed by atoms with Gasteiger partial charge in [0.15, 0.2) is 5.03 Å². The number of nitrogens with one attached hydrogen (secondary N) is 2. The maximum absolute atomic E-state index is 12.0. The lowest BCUT2D eigenvalue weighted by Gasteiger charge is -2.05. The van der Waals surface area contributed by atoms with E-state index in [2.05, 4.69) is 20.0 Å². The van der Waals surface area contributed by atoms with Crippen molar-refractivity contribution in [3.8, 4) is 0 Å². The van der Waals surface area contributed by atoms with E-state index in [0.29, 0.717) is 12.0 Å². The van der Waals surface area contributed by atoms with Gasteiger partial charge < -0.3 is 5.73 Å².